The molecule has 0 fully saturated rings. The summed E-state index contributed by atoms with van der Waals surface area (Å²) in [4.78, 5) is 12.2. The minimum absolute atomic E-state index is 0.526. The zero-order valence-corrected chi connectivity index (χ0v) is 9.82. The Morgan fingerprint density at radius 1 is 1.71 bits per heavy atom. The topological polar surface area (TPSA) is 63.3 Å². The van der Waals surface area contributed by atoms with Gasteiger partial charge in [0, 0.05) is 4.88 Å². The summed E-state index contributed by atoms with van der Waals surface area (Å²) in [6.45, 7) is 0. The number of carboxylic acid groups (broad SMARTS) is 1. The van der Waals surface area contributed by atoms with Crippen LogP contribution in [0.2, 0.25) is 0 Å². The predicted molar refractivity (Wildman–Crippen MR) is 58.5 cm³/mol. The van der Waals surface area contributed by atoms with Gasteiger partial charge in [0.15, 0.2) is 0 Å². The van der Waals surface area contributed by atoms with Crippen molar-refractivity contribution in [1.29, 1.82) is 0 Å². The van der Waals surface area contributed by atoms with Crippen LogP contribution < -0.4 is 5.73 Å². The fourth-order valence-corrected chi connectivity index (χ4v) is 3.67. The summed E-state index contributed by atoms with van der Waals surface area (Å²) < 4.78 is 0.959. The number of rotatable bonds is 1. The van der Waals surface area contributed by atoms with Crippen LogP contribution in [0.25, 0.3) is 0 Å². The van der Waals surface area contributed by atoms with E-state index < -0.39 is 11.5 Å². The molecule has 0 aliphatic heterocycles. The molecule has 5 heteroatoms. The van der Waals surface area contributed by atoms with Crippen LogP contribution in [-0.2, 0) is 16.8 Å². The Morgan fingerprint density at radius 3 is 3.07 bits per heavy atom. The standard InChI is InChI=1S/C9H10BrNO2S/c10-7-4-5-6(14-7)2-1-3-9(5,11)8(12)13/h4H,1-3,11H2,(H,12,13). The molecule has 0 aromatic carbocycles. The van der Waals surface area contributed by atoms with E-state index in [-0.39, 0.29) is 0 Å². The number of hydrogen-bond donors (Lipinski definition) is 2. The quantitative estimate of drug-likeness (QED) is 0.825. The molecule has 76 valence electrons. The largest absolute Gasteiger partial charge is 0.480 e. The van der Waals surface area contributed by atoms with Gasteiger partial charge < -0.3 is 10.8 Å². The normalized spacial score (nSPS) is 25.9. The van der Waals surface area contributed by atoms with Crippen molar-refractivity contribution >= 4 is 33.2 Å². The summed E-state index contributed by atoms with van der Waals surface area (Å²) >= 11 is 4.95. The van der Waals surface area contributed by atoms with Crippen molar-refractivity contribution < 1.29 is 9.90 Å². The van der Waals surface area contributed by atoms with E-state index >= 15 is 0 Å². The van der Waals surface area contributed by atoms with E-state index in [4.69, 9.17) is 10.8 Å². The first kappa shape index (κ1) is 10.1. The number of hydrogen-bond acceptors (Lipinski definition) is 3. The summed E-state index contributed by atoms with van der Waals surface area (Å²) in [6, 6.07) is 1.84. The number of aliphatic carboxylic acids is 1. The molecule has 0 saturated carbocycles. The van der Waals surface area contributed by atoms with Gasteiger partial charge in [0.05, 0.1) is 3.79 Å². The zero-order valence-electron chi connectivity index (χ0n) is 7.42. The number of halogens is 1. The third-order valence-corrected chi connectivity index (χ3v) is 4.31. The number of carboxylic acids is 1. The zero-order chi connectivity index (χ0) is 10.3. The highest BCUT2D eigenvalue weighted by Crippen LogP contribution is 2.40. The maximum Gasteiger partial charge on any atom is 0.328 e. The van der Waals surface area contributed by atoms with E-state index in [2.05, 4.69) is 15.9 Å². The minimum atomic E-state index is -1.17. The van der Waals surface area contributed by atoms with Gasteiger partial charge in [-0.3, -0.25) is 0 Å². The predicted octanol–water partition coefficient (Wildman–Crippen LogP) is 2.09. The van der Waals surface area contributed by atoms with Gasteiger partial charge in [0.2, 0.25) is 0 Å². The maximum atomic E-state index is 11.1. The van der Waals surface area contributed by atoms with Gasteiger partial charge in [-0.2, -0.15) is 0 Å². The number of fused-ring (bicyclic) bond motifs is 1. The van der Waals surface area contributed by atoms with Crippen molar-refractivity contribution in [2.24, 2.45) is 5.73 Å². The highest BCUT2D eigenvalue weighted by atomic mass is 79.9. The Labute approximate surface area is 94.1 Å². The fourth-order valence-electron chi connectivity index (χ4n) is 1.84. The molecule has 1 aliphatic carbocycles. The van der Waals surface area contributed by atoms with E-state index in [9.17, 15) is 4.79 Å². The van der Waals surface area contributed by atoms with Crippen LogP contribution in [0.3, 0.4) is 0 Å². The fraction of sp³-hybridized carbons (Fsp3) is 0.444. The van der Waals surface area contributed by atoms with Crippen LogP contribution >= 0.6 is 27.3 Å². The highest BCUT2D eigenvalue weighted by molar-refractivity contribution is 9.11. The third-order valence-electron chi connectivity index (χ3n) is 2.62. The Morgan fingerprint density at radius 2 is 2.43 bits per heavy atom. The van der Waals surface area contributed by atoms with Crippen molar-refractivity contribution in [1.82, 2.24) is 0 Å². The van der Waals surface area contributed by atoms with Gasteiger partial charge in [-0.1, -0.05) is 0 Å². The number of nitrogens with two attached hydrogens (primary N) is 1. The summed E-state index contributed by atoms with van der Waals surface area (Å²) in [5.41, 5.74) is 5.53. The van der Waals surface area contributed by atoms with Gasteiger partial charge in [-0.25, -0.2) is 4.79 Å². The molecule has 0 radical (unpaired) electrons. The van der Waals surface area contributed by atoms with Crippen molar-refractivity contribution in [3.8, 4) is 0 Å². The molecule has 1 aromatic rings. The van der Waals surface area contributed by atoms with Crippen molar-refractivity contribution in [3.05, 3.63) is 20.3 Å². The lowest BCUT2D eigenvalue weighted by molar-refractivity contribution is -0.144. The van der Waals surface area contributed by atoms with Crippen LogP contribution in [0.15, 0.2) is 9.85 Å². The van der Waals surface area contributed by atoms with Gasteiger partial charge in [0.25, 0.3) is 0 Å². The van der Waals surface area contributed by atoms with Crippen LogP contribution in [0.1, 0.15) is 23.3 Å². The van der Waals surface area contributed by atoms with Gasteiger partial charge >= 0.3 is 5.97 Å². The number of carbonyl (C=O) groups is 1. The summed E-state index contributed by atoms with van der Waals surface area (Å²) in [5.74, 6) is -0.927. The number of thiophene rings is 1. The second kappa shape index (κ2) is 3.32. The lowest BCUT2D eigenvalue weighted by atomic mass is 9.81. The first-order valence-electron chi connectivity index (χ1n) is 4.35. The molecule has 3 N–H and O–H groups in total. The molecule has 1 aliphatic rings. The summed E-state index contributed by atoms with van der Waals surface area (Å²) in [6.07, 6.45) is 2.32. The van der Waals surface area contributed by atoms with E-state index in [0.29, 0.717) is 6.42 Å². The second-order valence-electron chi connectivity index (χ2n) is 3.52. The van der Waals surface area contributed by atoms with E-state index in [1.54, 1.807) is 11.3 Å². The molecule has 0 saturated heterocycles. The Balaban J connectivity index is 2.54. The van der Waals surface area contributed by atoms with Crippen LogP contribution in [0, 0.1) is 0 Å². The average Bonchev–Trinajstić information content (AvgIpc) is 2.47. The van der Waals surface area contributed by atoms with Gasteiger partial charge in [-0.15, -0.1) is 11.3 Å². The molecule has 3 nitrogen and oxygen atoms in total. The molecule has 0 spiro atoms. The first-order chi connectivity index (χ1) is 6.54. The average molecular weight is 276 g/mol. The Hall–Kier alpha value is -0.390. The molecule has 0 bridgehead atoms. The van der Waals surface area contributed by atoms with E-state index in [1.165, 1.54) is 0 Å². The van der Waals surface area contributed by atoms with Crippen LogP contribution in [0.4, 0.5) is 0 Å². The monoisotopic (exact) mass is 275 g/mol. The van der Waals surface area contributed by atoms with Crippen molar-refractivity contribution in [2.75, 3.05) is 0 Å². The Kier molecular flexibility index (Phi) is 2.41. The molecular weight excluding hydrogens is 266 g/mol. The summed E-state index contributed by atoms with van der Waals surface area (Å²) in [5, 5.41) is 9.12. The molecule has 1 unspecified atom stereocenters. The third kappa shape index (κ3) is 1.39. The lowest BCUT2D eigenvalue weighted by Crippen LogP contribution is -2.46. The molecule has 1 atom stereocenters. The van der Waals surface area contributed by atoms with Crippen molar-refractivity contribution in [3.63, 3.8) is 0 Å². The molecule has 1 heterocycles. The lowest BCUT2D eigenvalue weighted by Gasteiger charge is -2.29. The van der Waals surface area contributed by atoms with Gasteiger partial charge in [0.1, 0.15) is 5.54 Å². The molecule has 14 heavy (non-hydrogen) atoms. The highest BCUT2D eigenvalue weighted by Gasteiger charge is 2.40. The number of aryl methyl sites for hydroxylation is 1. The Bertz CT molecular complexity index is 390. The molecular formula is C9H10BrNO2S. The van der Waals surface area contributed by atoms with Crippen LogP contribution in [0.5, 0.6) is 0 Å². The van der Waals surface area contributed by atoms with Gasteiger partial charge in [-0.05, 0) is 46.8 Å². The minimum Gasteiger partial charge on any atom is -0.480 e. The summed E-state index contributed by atoms with van der Waals surface area (Å²) in [7, 11) is 0. The van der Waals surface area contributed by atoms with E-state index in [1.807, 2.05) is 6.07 Å². The smallest absolute Gasteiger partial charge is 0.328 e. The second-order valence-corrected chi connectivity index (χ2v) is 6.03. The van der Waals surface area contributed by atoms with E-state index in [0.717, 1.165) is 27.1 Å². The van der Waals surface area contributed by atoms with Crippen LogP contribution in [-0.4, -0.2) is 11.1 Å². The molecule has 2 rings (SSSR count). The molecule has 0 amide bonds. The molecule has 1 aromatic heterocycles. The first-order valence-corrected chi connectivity index (χ1v) is 5.96. The SMILES string of the molecule is NC1(C(=O)O)CCCc2sc(Br)cc21. The van der Waals surface area contributed by atoms with Crippen molar-refractivity contribution in [2.45, 2.75) is 24.8 Å². The maximum absolute atomic E-state index is 11.1.